The largest absolute Gasteiger partial charge is 0.378 e. The van der Waals surface area contributed by atoms with Crippen LogP contribution in [-0.4, -0.2) is 20.9 Å². The third-order valence-corrected chi connectivity index (χ3v) is 4.10. The highest BCUT2D eigenvalue weighted by Crippen LogP contribution is 2.22. The van der Waals surface area contributed by atoms with E-state index >= 15 is 0 Å². The first-order valence-electron chi connectivity index (χ1n) is 7.40. The second-order valence-corrected chi connectivity index (χ2v) is 6.10. The normalized spacial score (nSPS) is 10.5. The molecule has 1 aromatic heterocycles. The first-order chi connectivity index (χ1) is 12.0. The molecule has 6 nitrogen and oxygen atoms in total. The zero-order valence-electron chi connectivity index (χ0n) is 13.0. The number of hydrogen-bond donors (Lipinski definition) is 3. The average molecular weight is 404 g/mol. The predicted octanol–water partition coefficient (Wildman–Crippen LogP) is 4.08. The van der Waals surface area contributed by atoms with Crippen molar-refractivity contribution in [1.29, 1.82) is 5.41 Å². The van der Waals surface area contributed by atoms with Gasteiger partial charge in [-0.25, -0.2) is 9.07 Å². The summed E-state index contributed by atoms with van der Waals surface area (Å²) in [4.78, 5) is 0. The molecule has 0 radical (unpaired) electrons. The summed E-state index contributed by atoms with van der Waals surface area (Å²) >= 11 is 3.05. The lowest BCUT2D eigenvalue weighted by Gasteiger charge is -2.17. The Balaban J connectivity index is 1.68. The van der Waals surface area contributed by atoms with E-state index in [-0.39, 0.29) is 16.1 Å². The first-order valence-corrected chi connectivity index (χ1v) is 8.19. The molecule has 0 aliphatic rings. The molecule has 0 aliphatic heterocycles. The van der Waals surface area contributed by atoms with Gasteiger partial charge in [0.15, 0.2) is 0 Å². The van der Waals surface area contributed by atoms with Crippen molar-refractivity contribution in [2.45, 2.75) is 6.54 Å². The molecular weight excluding hydrogens is 389 g/mol. The molecule has 0 saturated carbocycles. The zero-order chi connectivity index (χ0) is 17.8. The van der Waals surface area contributed by atoms with Gasteiger partial charge in [-0.1, -0.05) is 30.3 Å². The van der Waals surface area contributed by atoms with Crippen molar-refractivity contribution in [2.75, 3.05) is 10.4 Å². The van der Waals surface area contributed by atoms with Gasteiger partial charge in [-0.05, 0) is 39.7 Å². The highest BCUT2D eigenvalue weighted by Gasteiger charge is 2.14. The van der Waals surface area contributed by atoms with Crippen LogP contribution in [0, 0.1) is 11.2 Å². The fraction of sp³-hybridized carbons (Fsp3) is 0.0588. The molecule has 0 unspecified atom stereocenters. The number of hydrogen-bond acceptors (Lipinski definition) is 4. The summed E-state index contributed by atoms with van der Waals surface area (Å²) in [5.74, 6) is -0.735. The summed E-state index contributed by atoms with van der Waals surface area (Å²) < 4.78 is 14.7. The number of rotatable bonds is 4. The maximum Gasteiger partial charge on any atom is 0.248 e. The predicted molar refractivity (Wildman–Crippen MR) is 97.5 cm³/mol. The molecule has 3 N–H and O–H groups in total. The number of hydroxylamine groups is 1. The van der Waals surface area contributed by atoms with Gasteiger partial charge in [0, 0.05) is 6.54 Å². The van der Waals surface area contributed by atoms with Gasteiger partial charge in [-0.3, -0.25) is 10.6 Å². The number of nitrogens with one attached hydrogen (secondary N) is 2. The Kier molecular flexibility index (Phi) is 5.11. The molecule has 3 aromatic rings. The van der Waals surface area contributed by atoms with Crippen molar-refractivity contribution in [3.05, 3.63) is 76.8 Å². The Bertz CT molecular complexity index is 884. The van der Waals surface area contributed by atoms with E-state index in [1.54, 1.807) is 12.4 Å². The SMILES string of the molecule is N=C(N(O)c1ccc(F)c(Br)c1)n1cc(NCc2ccccc2)cn1. The van der Waals surface area contributed by atoms with Crippen LogP contribution in [-0.2, 0) is 6.54 Å². The molecule has 0 saturated heterocycles. The van der Waals surface area contributed by atoms with Crippen LogP contribution in [0.5, 0.6) is 0 Å². The summed E-state index contributed by atoms with van der Waals surface area (Å²) in [5, 5.41) is 26.1. The summed E-state index contributed by atoms with van der Waals surface area (Å²) in [6, 6.07) is 13.8. The Labute approximate surface area is 152 Å². The fourth-order valence-corrected chi connectivity index (χ4v) is 2.53. The lowest BCUT2D eigenvalue weighted by atomic mass is 10.2. The fourth-order valence-electron chi connectivity index (χ4n) is 2.17. The standard InChI is InChI=1S/C17H15BrFN5O/c18-15-8-14(6-7-16(15)19)24(25)17(20)23-11-13(10-22-23)21-9-12-4-2-1-3-5-12/h1-8,10-11,20-21,25H,9H2. The monoisotopic (exact) mass is 403 g/mol. The summed E-state index contributed by atoms with van der Waals surface area (Å²) in [7, 11) is 0. The molecule has 0 atom stereocenters. The van der Waals surface area contributed by atoms with Crippen molar-refractivity contribution in [2.24, 2.45) is 0 Å². The third kappa shape index (κ3) is 4.04. The molecule has 128 valence electrons. The number of benzene rings is 2. The quantitative estimate of drug-likeness (QED) is 0.348. The summed E-state index contributed by atoms with van der Waals surface area (Å²) in [6.07, 6.45) is 3.15. The van der Waals surface area contributed by atoms with E-state index in [9.17, 15) is 9.60 Å². The molecule has 1 heterocycles. The van der Waals surface area contributed by atoms with Gasteiger partial charge in [0.1, 0.15) is 5.82 Å². The highest BCUT2D eigenvalue weighted by molar-refractivity contribution is 9.10. The van der Waals surface area contributed by atoms with E-state index in [2.05, 4.69) is 26.3 Å². The van der Waals surface area contributed by atoms with Crippen molar-refractivity contribution in [1.82, 2.24) is 9.78 Å². The van der Waals surface area contributed by atoms with E-state index < -0.39 is 5.82 Å². The van der Waals surface area contributed by atoms with Crippen LogP contribution in [0.2, 0.25) is 0 Å². The molecule has 0 aliphatic carbocycles. The van der Waals surface area contributed by atoms with Gasteiger partial charge in [0.05, 0.1) is 28.2 Å². The third-order valence-electron chi connectivity index (χ3n) is 3.49. The average Bonchev–Trinajstić information content (AvgIpc) is 3.11. The van der Waals surface area contributed by atoms with Gasteiger partial charge >= 0.3 is 0 Å². The van der Waals surface area contributed by atoms with Crippen LogP contribution in [0.3, 0.4) is 0 Å². The van der Waals surface area contributed by atoms with Gasteiger partial charge in [-0.2, -0.15) is 10.2 Å². The van der Waals surface area contributed by atoms with Gasteiger partial charge < -0.3 is 5.32 Å². The van der Waals surface area contributed by atoms with Gasteiger partial charge in [0.2, 0.25) is 5.96 Å². The molecule has 0 amide bonds. The Morgan fingerprint density at radius 2 is 2.04 bits per heavy atom. The second kappa shape index (κ2) is 7.45. The van der Waals surface area contributed by atoms with Crippen molar-refractivity contribution in [3.8, 4) is 0 Å². The Morgan fingerprint density at radius 1 is 1.28 bits per heavy atom. The van der Waals surface area contributed by atoms with E-state index in [1.165, 1.54) is 22.9 Å². The van der Waals surface area contributed by atoms with Crippen molar-refractivity contribution >= 4 is 33.3 Å². The van der Waals surface area contributed by atoms with Crippen LogP contribution >= 0.6 is 15.9 Å². The lowest BCUT2D eigenvalue weighted by Crippen LogP contribution is -2.32. The molecule has 8 heteroatoms. The van der Waals surface area contributed by atoms with Crippen LogP contribution in [0.4, 0.5) is 15.8 Å². The molecule has 2 aromatic carbocycles. The number of anilines is 2. The highest BCUT2D eigenvalue weighted by atomic mass is 79.9. The maximum atomic E-state index is 13.3. The molecule has 25 heavy (non-hydrogen) atoms. The van der Waals surface area contributed by atoms with E-state index in [0.717, 1.165) is 5.56 Å². The van der Waals surface area contributed by atoms with Crippen LogP contribution in [0.1, 0.15) is 5.56 Å². The molecule has 0 fully saturated rings. The lowest BCUT2D eigenvalue weighted by molar-refractivity contribution is 0.306. The molecule has 0 bridgehead atoms. The minimum Gasteiger partial charge on any atom is -0.378 e. The number of aromatic nitrogens is 2. The maximum absolute atomic E-state index is 13.3. The summed E-state index contributed by atoms with van der Waals surface area (Å²) in [5.41, 5.74) is 2.07. The minimum atomic E-state index is -0.449. The number of nitrogens with zero attached hydrogens (tertiary/aromatic N) is 3. The van der Waals surface area contributed by atoms with E-state index in [1.807, 2.05) is 30.3 Å². The minimum absolute atomic E-state index is 0.197. The van der Waals surface area contributed by atoms with Gasteiger partial charge in [-0.15, -0.1) is 0 Å². The Morgan fingerprint density at radius 3 is 2.76 bits per heavy atom. The molecule has 0 spiro atoms. The van der Waals surface area contributed by atoms with Crippen LogP contribution < -0.4 is 10.4 Å². The van der Waals surface area contributed by atoms with Crippen molar-refractivity contribution in [3.63, 3.8) is 0 Å². The first kappa shape index (κ1) is 17.1. The zero-order valence-corrected chi connectivity index (χ0v) is 14.6. The van der Waals surface area contributed by atoms with Gasteiger partial charge in [0.25, 0.3) is 0 Å². The Hall–Kier alpha value is -2.71. The molecule has 3 rings (SSSR count). The van der Waals surface area contributed by atoms with E-state index in [4.69, 9.17) is 5.41 Å². The van der Waals surface area contributed by atoms with Crippen molar-refractivity contribution < 1.29 is 9.60 Å². The van der Waals surface area contributed by atoms with E-state index in [0.29, 0.717) is 17.3 Å². The second-order valence-electron chi connectivity index (χ2n) is 5.25. The molecular formula is C17H15BrFN5O. The van der Waals surface area contributed by atoms with Crippen LogP contribution in [0.15, 0.2) is 65.4 Å². The number of halogens is 2. The smallest absolute Gasteiger partial charge is 0.248 e. The summed E-state index contributed by atoms with van der Waals surface area (Å²) in [6.45, 7) is 0.619. The topological polar surface area (TPSA) is 77.2 Å². The van der Waals surface area contributed by atoms with Crippen LogP contribution in [0.25, 0.3) is 0 Å².